The van der Waals surface area contributed by atoms with Gasteiger partial charge in [0.25, 0.3) is 0 Å². The Bertz CT molecular complexity index is 1760. The lowest BCUT2D eigenvalue weighted by atomic mass is 9.96. The molecule has 1 aliphatic rings. The van der Waals surface area contributed by atoms with Crippen molar-refractivity contribution in [3.05, 3.63) is 0 Å². The Labute approximate surface area is 393 Å². The van der Waals surface area contributed by atoms with Crippen molar-refractivity contribution < 1.29 is 53.1 Å². The topological polar surface area (TPSA) is 381 Å². The Hall–Kier alpha value is -6.07. The van der Waals surface area contributed by atoms with Crippen molar-refractivity contribution >= 4 is 65.0 Å². The predicted octanol–water partition coefficient (Wildman–Crippen LogP) is -3.39. The van der Waals surface area contributed by atoms with Crippen LogP contribution < -0.4 is 59.7 Å². The maximum atomic E-state index is 14.2. The van der Waals surface area contributed by atoms with E-state index in [1.54, 1.807) is 55.4 Å². The van der Waals surface area contributed by atoms with Crippen LogP contribution in [0.5, 0.6) is 0 Å². The summed E-state index contributed by atoms with van der Waals surface area (Å²) < 4.78 is 0. The fraction of sp³-hybridized carbons (Fsp3) is 0.744. The van der Waals surface area contributed by atoms with Gasteiger partial charge in [-0.15, -0.1) is 0 Å². The number of aliphatic hydroxyl groups excluding tert-OH is 1. The minimum absolute atomic E-state index is 0.0689. The number of nitrogens with one attached hydrogen (secondary N) is 8. The molecule has 0 unspecified atom stereocenters. The number of aliphatic imine (C=N–C) groups is 1. The SMILES string of the molecule is CC[C@@H](C)[C@@H](NC(=O)[C@@H](NC(=O)CNC(C)=O)C(C)C)C(=O)N[C@@H](CO)C(=O)N[C@@H](CCC(N)=O)C(=O)N[C@H](C(=O)N[C@@H](CCCN=C(N)N)C(=O)N1CCC[C@H]1C(=O)NC(C)C)[C@@H](C)CC. The fourth-order valence-electron chi connectivity index (χ4n) is 7.05. The van der Waals surface area contributed by atoms with Gasteiger partial charge in [0.05, 0.1) is 13.2 Å². The second-order valence-electron chi connectivity index (χ2n) is 17.6. The molecule has 15 N–H and O–H groups in total. The molecule has 0 bridgehead atoms. The molecule has 0 aromatic carbocycles. The summed E-state index contributed by atoms with van der Waals surface area (Å²) in [5.74, 6) is -8.81. The van der Waals surface area contributed by atoms with Gasteiger partial charge in [-0.05, 0) is 63.7 Å². The van der Waals surface area contributed by atoms with Gasteiger partial charge in [0.15, 0.2) is 5.96 Å². The highest BCUT2D eigenvalue weighted by Crippen LogP contribution is 2.21. The van der Waals surface area contributed by atoms with Crippen LogP contribution in [0.1, 0.15) is 114 Å². The van der Waals surface area contributed by atoms with E-state index < -0.39 is 126 Å². The van der Waals surface area contributed by atoms with Crippen LogP contribution in [0.2, 0.25) is 0 Å². The summed E-state index contributed by atoms with van der Waals surface area (Å²) in [6.45, 7) is 14.0. The number of nitrogens with two attached hydrogens (primary N) is 3. The average molecular weight is 952 g/mol. The molecule has 1 saturated heterocycles. The quantitative estimate of drug-likeness (QED) is 0.0198. The number of guanidine groups is 1. The second kappa shape index (κ2) is 29.5. The van der Waals surface area contributed by atoms with Gasteiger partial charge >= 0.3 is 0 Å². The maximum Gasteiger partial charge on any atom is 0.245 e. The van der Waals surface area contributed by atoms with E-state index in [0.29, 0.717) is 25.7 Å². The summed E-state index contributed by atoms with van der Waals surface area (Å²) in [5.41, 5.74) is 16.4. The van der Waals surface area contributed by atoms with Crippen molar-refractivity contribution in [2.45, 2.75) is 162 Å². The number of likely N-dealkylation sites (tertiary alicyclic amines) is 1. The van der Waals surface area contributed by atoms with E-state index in [4.69, 9.17) is 17.2 Å². The smallest absolute Gasteiger partial charge is 0.245 e. The average Bonchev–Trinajstić information content (AvgIpc) is 3.76. The van der Waals surface area contributed by atoms with Crippen LogP contribution in [0.3, 0.4) is 0 Å². The van der Waals surface area contributed by atoms with Gasteiger partial charge in [0, 0.05) is 32.5 Å². The molecule has 380 valence electrons. The summed E-state index contributed by atoms with van der Waals surface area (Å²) in [5, 5.41) is 30.9. The molecule has 1 fully saturated rings. The molecule has 0 radical (unpaired) electrons. The van der Waals surface area contributed by atoms with Crippen molar-refractivity contribution in [3.8, 4) is 0 Å². The van der Waals surface area contributed by atoms with Crippen molar-refractivity contribution in [2.24, 2.45) is 39.9 Å². The molecular weight excluding hydrogens is 875 g/mol. The number of hydrogen-bond acceptors (Lipinski definition) is 12. The van der Waals surface area contributed by atoms with Crippen LogP contribution in [-0.4, -0.2) is 150 Å². The predicted molar refractivity (Wildman–Crippen MR) is 247 cm³/mol. The summed E-state index contributed by atoms with van der Waals surface area (Å²) in [6, 6.07) is -9.01. The lowest BCUT2D eigenvalue weighted by Gasteiger charge is -2.32. The molecule has 1 aliphatic heterocycles. The van der Waals surface area contributed by atoms with Crippen LogP contribution >= 0.6 is 0 Å². The third-order valence-electron chi connectivity index (χ3n) is 11.3. The minimum Gasteiger partial charge on any atom is -0.394 e. The Morgan fingerprint density at radius 1 is 0.672 bits per heavy atom. The van der Waals surface area contributed by atoms with E-state index >= 15 is 0 Å². The molecule has 1 heterocycles. The van der Waals surface area contributed by atoms with E-state index in [9.17, 15) is 53.1 Å². The number of carbonyl (C=O) groups is 10. The number of nitrogens with zero attached hydrogens (tertiary/aromatic N) is 2. The van der Waals surface area contributed by atoms with Gasteiger partial charge in [-0.25, -0.2) is 0 Å². The molecule has 0 spiro atoms. The van der Waals surface area contributed by atoms with Crippen LogP contribution in [0.4, 0.5) is 0 Å². The third-order valence-corrected chi connectivity index (χ3v) is 11.3. The van der Waals surface area contributed by atoms with Crippen molar-refractivity contribution in [1.82, 2.24) is 47.4 Å². The van der Waals surface area contributed by atoms with Crippen molar-refractivity contribution in [2.75, 3.05) is 26.2 Å². The van der Waals surface area contributed by atoms with E-state index in [0.717, 1.165) is 0 Å². The van der Waals surface area contributed by atoms with Gasteiger partial charge in [-0.3, -0.25) is 52.9 Å². The largest absolute Gasteiger partial charge is 0.394 e. The van der Waals surface area contributed by atoms with Crippen molar-refractivity contribution in [3.63, 3.8) is 0 Å². The van der Waals surface area contributed by atoms with Gasteiger partial charge < -0.3 is 69.7 Å². The monoisotopic (exact) mass is 952 g/mol. The standard InChI is InChI=1S/C43H77N13O11/c1-10-24(7)34(40(65)51-28(14-12-18-47-43(45)46)42(67)56-19-13-15-30(56)38(63)49-23(5)6)54-36(61)27(16-17-31(44)59)50-37(62)29(21-57)52-41(66)35(25(8)11-2)55-39(64)33(22(3)4)53-32(60)20-48-26(9)58/h22-25,27-30,33-35,57H,10-21H2,1-9H3,(H2,44,59)(H,48,58)(H,49,63)(H,50,62)(H,51,65)(H,52,66)(H,53,60)(H,54,61)(H,55,64)(H4,45,46,47)/t24-,25+,27-,28-,29-,30-,33-,34-,35+/m0/s1. The molecular formula is C43H77N13O11. The van der Waals surface area contributed by atoms with Crippen LogP contribution in [0.15, 0.2) is 4.99 Å². The number of rotatable bonds is 29. The highest BCUT2D eigenvalue weighted by atomic mass is 16.3. The first-order chi connectivity index (χ1) is 31.4. The van der Waals surface area contributed by atoms with Crippen molar-refractivity contribution in [1.29, 1.82) is 0 Å². The van der Waals surface area contributed by atoms with Gasteiger partial charge in [0.1, 0.15) is 42.3 Å². The van der Waals surface area contributed by atoms with E-state index in [1.807, 2.05) is 0 Å². The maximum absolute atomic E-state index is 14.2. The second-order valence-corrected chi connectivity index (χ2v) is 17.6. The third kappa shape index (κ3) is 20.5. The summed E-state index contributed by atoms with van der Waals surface area (Å²) >= 11 is 0. The molecule has 1 rings (SSSR count). The van der Waals surface area contributed by atoms with E-state index in [1.165, 1.54) is 11.8 Å². The molecule has 9 atom stereocenters. The summed E-state index contributed by atoms with van der Waals surface area (Å²) in [4.78, 5) is 137. The lowest BCUT2D eigenvalue weighted by Crippen LogP contribution is -2.62. The first-order valence-electron chi connectivity index (χ1n) is 23.0. The molecule has 10 amide bonds. The first kappa shape index (κ1) is 58.9. The van der Waals surface area contributed by atoms with E-state index in [-0.39, 0.29) is 56.8 Å². The van der Waals surface area contributed by atoms with E-state index in [2.05, 4.69) is 47.5 Å². The zero-order chi connectivity index (χ0) is 51.1. The highest BCUT2D eigenvalue weighted by Gasteiger charge is 2.40. The Kier molecular flexibility index (Phi) is 26.0. The Balaban J connectivity index is 3.39. The zero-order valence-corrected chi connectivity index (χ0v) is 40.5. The summed E-state index contributed by atoms with van der Waals surface area (Å²) in [6.07, 6.45) is 1.28. The molecule has 0 aromatic rings. The van der Waals surface area contributed by atoms with Crippen LogP contribution in [0, 0.1) is 17.8 Å². The minimum atomic E-state index is -1.69. The summed E-state index contributed by atoms with van der Waals surface area (Å²) in [7, 11) is 0. The fourth-order valence-corrected chi connectivity index (χ4v) is 7.05. The zero-order valence-electron chi connectivity index (χ0n) is 40.5. The number of hydrogen-bond donors (Lipinski definition) is 12. The number of amides is 10. The number of primary amides is 1. The number of aliphatic hydroxyl groups is 1. The normalized spacial score (nSPS) is 17.0. The molecule has 67 heavy (non-hydrogen) atoms. The molecule has 0 saturated carbocycles. The van der Waals surface area contributed by atoms with Gasteiger partial charge in [0.2, 0.25) is 59.1 Å². The van der Waals surface area contributed by atoms with Gasteiger partial charge in [-0.2, -0.15) is 0 Å². The Morgan fingerprint density at radius 2 is 1.19 bits per heavy atom. The number of carbonyl (C=O) groups excluding carboxylic acids is 10. The van der Waals surface area contributed by atoms with Crippen LogP contribution in [-0.2, 0) is 47.9 Å². The molecule has 24 nitrogen and oxygen atoms in total. The molecule has 24 heteroatoms. The van der Waals surface area contributed by atoms with Gasteiger partial charge in [-0.1, -0.05) is 54.4 Å². The highest BCUT2D eigenvalue weighted by molar-refractivity contribution is 5.98. The lowest BCUT2D eigenvalue weighted by molar-refractivity contribution is -0.142. The molecule has 0 aromatic heterocycles. The Morgan fingerprint density at radius 3 is 1.69 bits per heavy atom. The molecule has 0 aliphatic carbocycles. The first-order valence-corrected chi connectivity index (χ1v) is 23.0. The van der Waals surface area contributed by atoms with Crippen LogP contribution in [0.25, 0.3) is 0 Å².